The summed E-state index contributed by atoms with van der Waals surface area (Å²) in [5.74, 6) is 0.561. The molecule has 0 saturated heterocycles. The van der Waals surface area contributed by atoms with Crippen molar-refractivity contribution in [2.75, 3.05) is 17.6 Å². The Bertz CT molecular complexity index is 396. The fourth-order valence-corrected chi connectivity index (χ4v) is 1.35. The molecule has 0 radical (unpaired) electrons. The lowest BCUT2D eigenvalue weighted by molar-refractivity contribution is -0.121. The molecular weight excluding hydrogens is 242 g/mol. The van der Waals surface area contributed by atoms with Gasteiger partial charge in [0.15, 0.2) is 0 Å². The number of nitrogens with one attached hydrogen (secondary N) is 2. The van der Waals surface area contributed by atoms with Gasteiger partial charge in [-0.05, 0) is 13.8 Å². The van der Waals surface area contributed by atoms with E-state index in [0.29, 0.717) is 23.8 Å². The lowest BCUT2D eigenvalue weighted by Gasteiger charge is -2.09. The first-order valence-corrected chi connectivity index (χ1v) is 5.68. The number of hydrogen-bond donors (Lipinski definition) is 3. The van der Waals surface area contributed by atoms with Crippen LogP contribution in [0.5, 0.6) is 0 Å². The van der Waals surface area contributed by atoms with Crippen LogP contribution in [0.2, 0.25) is 5.02 Å². The van der Waals surface area contributed by atoms with Crippen molar-refractivity contribution >= 4 is 29.3 Å². The minimum atomic E-state index is -0.0225. The molecule has 0 saturated carbocycles. The number of nitrogens with two attached hydrogens (primary N) is 1. The third-order valence-electron chi connectivity index (χ3n) is 1.86. The molecule has 94 valence electrons. The van der Waals surface area contributed by atoms with E-state index >= 15 is 0 Å². The fraction of sp³-hybridized carbons (Fsp3) is 0.500. The summed E-state index contributed by atoms with van der Waals surface area (Å²) in [7, 11) is 0. The smallest absolute Gasteiger partial charge is 0.222 e. The van der Waals surface area contributed by atoms with Crippen molar-refractivity contribution in [3.63, 3.8) is 0 Å². The van der Waals surface area contributed by atoms with Crippen molar-refractivity contribution in [3.05, 3.63) is 11.2 Å². The average Bonchev–Trinajstić information content (AvgIpc) is 2.22. The van der Waals surface area contributed by atoms with Crippen molar-refractivity contribution in [1.82, 2.24) is 15.3 Å². The van der Waals surface area contributed by atoms with Gasteiger partial charge in [0.05, 0.1) is 6.20 Å². The van der Waals surface area contributed by atoms with Crippen LogP contribution in [0.25, 0.3) is 0 Å². The Balaban J connectivity index is 2.40. The summed E-state index contributed by atoms with van der Waals surface area (Å²) >= 11 is 5.85. The molecule has 0 aliphatic carbocycles. The van der Waals surface area contributed by atoms with Gasteiger partial charge in [0.25, 0.3) is 0 Å². The number of hydrogen-bond acceptors (Lipinski definition) is 5. The maximum absolute atomic E-state index is 11.4. The van der Waals surface area contributed by atoms with Crippen LogP contribution < -0.4 is 16.4 Å². The molecule has 6 nitrogen and oxygen atoms in total. The maximum Gasteiger partial charge on any atom is 0.222 e. The number of anilines is 2. The highest BCUT2D eigenvalue weighted by Gasteiger charge is 2.05. The Morgan fingerprint density at radius 3 is 2.94 bits per heavy atom. The maximum atomic E-state index is 11.4. The Morgan fingerprint density at radius 2 is 2.29 bits per heavy atom. The van der Waals surface area contributed by atoms with Crippen molar-refractivity contribution < 1.29 is 4.79 Å². The number of aromatic nitrogens is 2. The van der Waals surface area contributed by atoms with Crippen LogP contribution >= 0.6 is 11.6 Å². The van der Waals surface area contributed by atoms with Gasteiger partial charge in [-0.15, -0.1) is 0 Å². The molecule has 0 aliphatic rings. The predicted octanol–water partition coefficient (Wildman–Crippen LogP) is 1.04. The first kappa shape index (κ1) is 13.5. The molecule has 0 unspecified atom stereocenters. The van der Waals surface area contributed by atoms with Gasteiger partial charge in [-0.3, -0.25) is 4.79 Å². The summed E-state index contributed by atoms with van der Waals surface area (Å²) < 4.78 is 0. The molecule has 1 aromatic heterocycles. The van der Waals surface area contributed by atoms with Crippen LogP contribution in [0.1, 0.15) is 20.3 Å². The molecule has 1 rings (SSSR count). The Hall–Kier alpha value is -1.56. The van der Waals surface area contributed by atoms with Crippen LogP contribution in [0, 0.1) is 0 Å². The summed E-state index contributed by atoms with van der Waals surface area (Å²) in [5, 5.41) is 6.10. The van der Waals surface area contributed by atoms with Gasteiger partial charge >= 0.3 is 0 Å². The van der Waals surface area contributed by atoms with Crippen molar-refractivity contribution in [2.24, 2.45) is 0 Å². The highest BCUT2D eigenvalue weighted by atomic mass is 35.5. The first-order chi connectivity index (χ1) is 7.99. The number of nitrogens with zero attached hydrogens (tertiary/aromatic N) is 2. The molecule has 1 amide bonds. The highest BCUT2D eigenvalue weighted by Crippen LogP contribution is 2.17. The summed E-state index contributed by atoms with van der Waals surface area (Å²) in [6, 6.07) is 0.140. The summed E-state index contributed by atoms with van der Waals surface area (Å²) in [6.45, 7) is 4.26. The van der Waals surface area contributed by atoms with E-state index in [1.54, 1.807) is 0 Å². The number of carbonyl (C=O) groups excluding carboxylic acids is 1. The van der Waals surface area contributed by atoms with E-state index in [-0.39, 0.29) is 17.9 Å². The molecule has 1 aromatic rings. The Labute approximate surface area is 105 Å². The van der Waals surface area contributed by atoms with E-state index in [4.69, 9.17) is 17.3 Å². The SMILES string of the molecule is CC(C)NC(=O)CCNc1nc(N)ncc1Cl. The second-order valence-corrected chi connectivity index (χ2v) is 4.23. The van der Waals surface area contributed by atoms with Gasteiger partial charge in [0.2, 0.25) is 11.9 Å². The zero-order valence-electron chi connectivity index (χ0n) is 9.83. The second-order valence-electron chi connectivity index (χ2n) is 3.82. The number of halogens is 1. The Kier molecular flexibility index (Phi) is 4.96. The highest BCUT2D eigenvalue weighted by molar-refractivity contribution is 6.32. The summed E-state index contributed by atoms with van der Waals surface area (Å²) in [6.07, 6.45) is 1.76. The first-order valence-electron chi connectivity index (χ1n) is 5.30. The second kappa shape index (κ2) is 6.24. The molecule has 7 heteroatoms. The van der Waals surface area contributed by atoms with E-state index in [1.165, 1.54) is 6.20 Å². The molecule has 0 aliphatic heterocycles. The zero-order valence-corrected chi connectivity index (χ0v) is 10.6. The van der Waals surface area contributed by atoms with Crippen LogP contribution in [-0.2, 0) is 4.79 Å². The fourth-order valence-electron chi connectivity index (χ4n) is 1.19. The van der Waals surface area contributed by atoms with Crippen molar-refractivity contribution in [3.8, 4) is 0 Å². The van der Waals surface area contributed by atoms with Crippen molar-refractivity contribution in [2.45, 2.75) is 26.3 Å². The zero-order chi connectivity index (χ0) is 12.8. The van der Waals surface area contributed by atoms with E-state index < -0.39 is 0 Å². The molecular formula is C10H16ClN5O. The van der Waals surface area contributed by atoms with Gasteiger partial charge in [-0.25, -0.2) is 4.98 Å². The third-order valence-corrected chi connectivity index (χ3v) is 2.13. The van der Waals surface area contributed by atoms with Gasteiger partial charge in [0, 0.05) is 19.0 Å². The topological polar surface area (TPSA) is 92.9 Å². The minimum Gasteiger partial charge on any atom is -0.368 e. The average molecular weight is 258 g/mol. The largest absolute Gasteiger partial charge is 0.368 e. The lowest BCUT2D eigenvalue weighted by Crippen LogP contribution is -2.31. The predicted molar refractivity (Wildman–Crippen MR) is 67.8 cm³/mol. The third kappa shape index (κ3) is 4.86. The molecule has 17 heavy (non-hydrogen) atoms. The van der Waals surface area contributed by atoms with E-state index in [9.17, 15) is 4.79 Å². The molecule has 0 fully saturated rings. The van der Waals surface area contributed by atoms with Gasteiger partial charge in [-0.2, -0.15) is 4.98 Å². The summed E-state index contributed by atoms with van der Waals surface area (Å²) in [4.78, 5) is 19.0. The quantitative estimate of drug-likeness (QED) is 0.733. The summed E-state index contributed by atoms with van der Waals surface area (Å²) in [5.41, 5.74) is 5.42. The normalized spacial score (nSPS) is 10.4. The molecule has 4 N–H and O–H groups in total. The molecule has 0 aromatic carbocycles. The van der Waals surface area contributed by atoms with Gasteiger partial charge in [-0.1, -0.05) is 11.6 Å². The van der Waals surface area contributed by atoms with E-state index in [1.807, 2.05) is 13.8 Å². The van der Waals surface area contributed by atoms with Crippen LogP contribution in [0.4, 0.5) is 11.8 Å². The Morgan fingerprint density at radius 1 is 1.59 bits per heavy atom. The number of carbonyl (C=O) groups is 1. The standard InChI is InChI=1S/C10H16ClN5O/c1-6(2)15-8(17)3-4-13-9-7(11)5-14-10(12)16-9/h5-6H,3-4H2,1-2H3,(H,15,17)(H3,12,13,14,16). The number of nitrogen functional groups attached to an aromatic ring is 1. The molecule has 0 bridgehead atoms. The number of amides is 1. The van der Waals surface area contributed by atoms with Crippen LogP contribution in [0.3, 0.4) is 0 Å². The van der Waals surface area contributed by atoms with E-state index in [2.05, 4.69) is 20.6 Å². The van der Waals surface area contributed by atoms with Gasteiger partial charge in [0.1, 0.15) is 10.8 Å². The molecule has 1 heterocycles. The molecule has 0 spiro atoms. The van der Waals surface area contributed by atoms with Crippen LogP contribution in [0.15, 0.2) is 6.20 Å². The lowest BCUT2D eigenvalue weighted by atomic mass is 10.3. The van der Waals surface area contributed by atoms with E-state index in [0.717, 1.165) is 0 Å². The molecule has 0 atom stereocenters. The van der Waals surface area contributed by atoms with Gasteiger partial charge < -0.3 is 16.4 Å². The minimum absolute atomic E-state index is 0.0225. The van der Waals surface area contributed by atoms with Crippen molar-refractivity contribution in [1.29, 1.82) is 0 Å². The monoisotopic (exact) mass is 257 g/mol. The van der Waals surface area contributed by atoms with Crippen LogP contribution in [-0.4, -0.2) is 28.5 Å². The number of rotatable bonds is 5.